The highest BCUT2D eigenvalue weighted by molar-refractivity contribution is 6.31. The number of nitrogens with one attached hydrogen (secondary N) is 2. The van der Waals surface area contributed by atoms with Crippen molar-refractivity contribution in [3.8, 4) is 0 Å². The first-order valence-corrected chi connectivity index (χ1v) is 11.9. The van der Waals surface area contributed by atoms with E-state index >= 15 is 0 Å². The Morgan fingerprint density at radius 1 is 1.03 bits per heavy atom. The van der Waals surface area contributed by atoms with Gasteiger partial charge in [0.2, 0.25) is 5.91 Å². The summed E-state index contributed by atoms with van der Waals surface area (Å²) in [5, 5.41) is 4.90. The number of carbonyl (C=O) groups excluding carboxylic acids is 2. The van der Waals surface area contributed by atoms with Crippen molar-refractivity contribution < 1.29 is 9.59 Å². The van der Waals surface area contributed by atoms with Crippen LogP contribution in [0.15, 0.2) is 79.0 Å². The van der Waals surface area contributed by atoms with Crippen molar-refractivity contribution in [2.75, 3.05) is 13.1 Å². The largest absolute Gasteiger partial charge is 0.361 e. The molecule has 2 amide bonds. The first-order chi connectivity index (χ1) is 16.6. The van der Waals surface area contributed by atoms with Gasteiger partial charge in [0.15, 0.2) is 0 Å². The maximum Gasteiger partial charge on any atom is 0.251 e. The smallest absolute Gasteiger partial charge is 0.251 e. The molecule has 5 nitrogen and oxygen atoms in total. The average Bonchev–Trinajstić information content (AvgIpc) is 3.46. The quantitative estimate of drug-likeness (QED) is 0.373. The fraction of sp³-hybridized carbons (Fsp3) is 0.214. The fourth-order valence-corrected chi connectivity index (χ4v) is 4.99. The molecule has 5 rings (SSSR count). The van der Waals surface area contributed by atoms with E-state index in [1.165, 1.54) is 0 Å². The molecule has 0 radical (unpaired) electrons. The Morgan fingerprint density at radius 2 is 1.85 bits per heavy atom. The van der Waals surface area contributed by atoms with Crippen molar-refractivity contribution in [3.05, 3.63) is 106 Å². The summed E-state index contributed by atoms with van der Waals surface area (Å²) in [5.41, 5.74) is 4.65. The number of aromatic nitrogens is 1. The molecule has 6 heteroatoms. The molecule has 1 saturated heterocycles. The molecule has 0 spiro atoms. The van der Waals surface area contributed by atoms with Gasteiger partial charge in [-0.1, -0.05) is 60.1 Å². The Labute approximate surface area is 203 Å². The molecule has 0 saturated carbocycles. The van der Waals surface area contributed by atoms with Gasteiger partial charge in [0.1, 0.15) is 0 Å². The van der Waals surface area contributed by atoms with Crippen molar-refractivity contribution in [1.29, 1.82) is 0 Å². The van der Waals surface area contributed by atoms with Gasteiger partial charge in [0.25, 0.3) is 5.91 Å². The average molecular weight is 472 g/mol. The van der Waals surface area contributed by atoms with Crippen LogP contribution in [0.25, 0.3) is 10.9 Å². The molecule has 1 aliphatic heterocycles. The van der Waals surface area contributed by atoms with Crippen LogP contribution in [-0.2, 0) is 11.3 Å². The van der Waals surface area contributed by atoms with Gasteiger partial charge in [-0.05, 0) is 47.4 Å². The van der Waals surface area contributed by atoms with Crippen molar-refractivity contribution in [3.63, 3.8) is 0 Å². The van der Waals surface area contributed by atoms with E-state index in [-0.39, 0.29) is 17.7 Å². The van der Waals surface area contributed by atoms with Crippen LogP contribution in [0.4, 0.5) is 0 Å². The maximum atomic E-state index is 13.1. The van der Waals surface area contributed by atoms with Crippen LogP contribution in [-0.4, -0.2) is 34.8 Å². The molecular formula is C28H26ClN3O2. The monoisotopic (exact) mass is 471 g/mol. The van der Waals surface area contributed by atoms with Gasteiger partial charge in [-0.15, -0.1) is 0 Å². The number of carbonyl (C=O) groups is 2. The second-order valence-electron chi connectivity index (χ2n) is 8.69. The van der Waals surface area contributed by atoms with E-state index in [0.717, 1.165) is 40.6 Å². The van der Waals surface area contributed by atoms with Crippen molar-refractivity contribution >= 4 is 34.3 Å². The topological polar surface area (TPSA) is 65.2 Å². The van der Waals surface area contributed by atoms with Crippen LogP contribution >= 0.6 is 11.6 Å². The molecule has 2 heterocycles. The van der Waals surface area contributed by atoms with Gasteiger partial charge in [0, 0.05) is 59.7 Å². The molecule has 4 aromatic rings. The predicted molar refractivity (Wildman–Crippen MR) is 135 cm³/mol. The van der Waals surface area contributed by atoms with E-state index in [2.05, 4.69) is 16.4 Å². The van der Waals surface area contributed by atoms with Crippen LogP contribution < -0.4 is 5.32 Å². The summed E-state index contributed by atoms with van der Waals surface area (Å²) in [6, 6.07) is 23.4. The molecule has 2 N–H and O–H groups in total. The van der Waals surface area contributed by atoms with Crippen molar-refractivity contribution in [2.45, 2.75) is 25.3 Å². The Morgan fingerprint density at radius 3 is 2.68 bits per heavy atom. The summed E-state index contributed by atoms with van der Waals surface area (Å²) in [4.78, 5) is 30.3. The molecule has 1 fully saturated rings. The number of para-hydroxylation sites is 1. The van der Waals surface area contributed by atoms with Gasteiger partial charge in [-0.3, -0.25) is 9.59 Å². The minimum absolute atomic E-state index is 0.112. The highest BCUT2D eigenvalue weighted by Crippen LogP contribution is 2.34. The summed E-state index contributed by atoms with van der Waals surface area (Å²) in [7, 11) is 0. The molecule has 0 unspecified atom stereocenters. The van der Waals surface area contributed by atoms with Gasteiger partial charge in [-0.25, -0.2) is 0 Å². The Kier molecular flexibility index (Phi) is 6.37. The highest BCUT2D eigenvalue weighted by Gasteiger charge is 2.22. The van der Waals surface area contributed by atoms with Gasteiger partial charge in [-0.2, -0.15) is 0 Å². The first kappa shape index (κ1) is 22.2. The number of amides is 2. The zero-order valence-electron chi connectivity index (χ0n) is 18.8. The number of likely N-dealkylation sites (tertiary alicyclic amines) is 1. The van der Waals surface area contributed by atoms with E-state index in [9.17, 15) is 9.59 Å². The Hall–Kier alpha value is -3.57. The number of H-pyrrole nitrogens is 1. The summed E-state index contributed by atoms with van der Waals surface area (Å²) >= 11 is 6.58. The molecule has 1 aromatic heterocycles. The molecule has 172 valence electrons. The third-order valence-electron chi connectivity index (χ3n) is 6.48. The SMILES string of the molecule is O=C(NC[C@H](c1ccccc1Cl)c1c[nH]c2ccccc12)c1cccc(CN2CCCC2=O)c1. The second-order valence-corrected chi connectivity index (χ2v) is 9.10. The third kappa shape index (κ3) is 4.57. The number of rotatable bonds is 7. The number of benzene rings is 3. The minimum Gasteiger partial charge on any atom is -0.361 e. The lowest BCUT2D eigenvalue weighted by Gasteiger charge is -2.20. The highest BCUT2D eigenvalue weighted by atomic mass is 35.5. The van der Waals surface area contributed by atoms with Crippen LogP contribution in [0, 0.1) is 0 Å². The Bertz CT molecular complexity index is 1350. The number of nitrogens with zero attached hydrogens (tertiary/aromatic N) is 1. The van der Waals surface area contributed by atoms with Gasteiger partial charge < -0.3 is 15.2 Å². The van der Waals surface area contributed by atoms with E-state index in [1.807, 2.05) is 71.8 Å². The predicted octanol–water partition coefficient (Wildman–Crippen LogP) is 5.51. The van der Waals surface area contributed by atoms with E-state index in [1.54, 1.807) is 6.07 Å². The molecular weight excluding hydrogens is 446 g/mol. The standard InChI is InChI=1S/C28H26ClN3O2/c29-25-11-3-1-9-21(25)23(24-16-30-26-12-4-2-10-22(24)26)17-31-28(34)20-8-5-7-19(15-20)18-32-14-6-13-27(32)33/h1-5,7-12,15-16,23,30H,6,13-14,17-18H2,(H,31,34)/t23-/m1/s1. The first-order valence-electron chi connectivity index (χ1n) is 11.6. The zero-order valence-corrected chi connectivity index (χ0v) is 19.5. The lowest BCUT2D eigenvalue weighted by molar-refractivity contribution is -0.128. The molecule has 0 bridgehead atoms. The molecule has 34 heavy (non-hydrogen) atoms. The van der Waals surface area contributed by atoms with E-state index < -0.39 is 0 Å². The van der Waals surface area contributed by atoms with Crippen molar-refractivity contribution in [1.82, 2.24) is 15.2 Å². The fourth-order valence-electron chi connectivity index (χ4n) is 4.73. The molecule has 1 atom stereocenters. The van der Waals surface area contributed by atoms with Crippen LogP contribution in [0.1, 0.15) is 45.8 Å². The number of fused-ring (bicyclic) bond motifs is 1. The maximum absolute atomic E-state index is 13.1. The summed E-state index contributed by atoms with van der Waals surface area (Å²) in [6.07, 6.45) is 3.51. The number of halogens is 1. The molecule has 1 aliphatic rings. The van der Waals surface area contributed by atoms with Crippen LogP contribution in [0.2, 0.25) is 5.02 Å². The normalized spacial score (nSPS) is 14.5. The minimum atomic E-state index is -0.147. The lowest BCUT2D eigenvalue weighted by atomic mass is 9.90. The van der Waals surface area contributed by atoms with E-state index in [0.29, 0.717) is 30.1 Å². The number of hydrogen-bond acceptors (Lipinski definition) is 2. The lowest BCUT2D eigenvalue weighted by Crippen LogP contribution is -2.29. The van der Waals surface area contributed by atoms with E-state index in [4.69, 9.17) is 11.6 Å². The van der Waals surface area contributed by atoms with Gasteiger partial charge >= 0.3 is 0 Å². The Balaban J connectivity index is 1.37. The number of aromatic amines is 1. The third-order valence-corrected chi connectivity index (χ3v) is 6.82. The summed E-state index contributed by atoms with van der Waals surface area (Å²) in [6.45, 7) is 1.72. The van der Waals surface area contributed by atoms with Gasteiger partial charge in [0.05, 0.1) is 0 Å². The number of hydrogen-bond donors (Lipinski definition) is 2. The summed E-state index contributed by atoms with van der Waals surface area (Å²) in [5.74, 6) is -0.0816. The second kappa shape index (κ2) is 9.74. The van der Waals surface area contributed by atoms with Crippen LogP contribution in [0.5, 0.6) is 0 Å². The molecule has 0 aliphatic carbocycles. The molecule has 3 aromatic carbocycles. The van der Waals surface area contributed by atoms with Crippen molar-refractivity contribution in [2.24, 2.45) is 0 Å². The van der Waals surface area contributed by atoms with Crippen LogP contribution in [0.3, 0.4) is 0 Å². The summed E-state index contributed by atoms with van der Waals surface area (Å²) < 4.78 is 0. The zero-order chi connectivity index (χ0) is 23.5.